The largest absolute Gasteiger partial charge is 0.484 e. The van der Waals surface area contributed by atoms with Gasteiger partial charge in [-0.05, 0) is 56.4 Å². The molecule has 1 aliphatic heterocycles. The lowest BCUT2D eigenvalue weighted by Gasteiger charge is -2.34. The SMILES string of the molecule is Cc1ccc(OCC(=O)NCC(c2cccs2)N2CCCCC2)cc1. The van der Waals surface area contributed by atoms with Crippen molar-refractivity contribution in [2.45, 2.75) is 32.2 Å². The summed E-state index contributed by atoms with van der Waals surface area (Å²) in [6.45, 7) is 4.94. The maximum Gasteiger partial charge on any atom is 0.258 e. The van der Waals surface area contributed by atoms with Crippen molar-refractivity contribution in [3.8, 4) is 5.75 Å². The number of nitrogens with zero attached hydrogens (tertiary/aromatic N) is 1. The van der Waals surface area contributed by atoms with Gasteiger partial charge in [-0.15, -0.1) is 11.3 Å². The van der Waals surface area contributed by atoms with Gasteiger partial charge in [-0.1, -0.05) is 30.2 Å². The van der Waals surface area contributed by atoms with Crippen LogP contribution in [0.4, 0.5) is 0 Å². The zero-order valence-electron chi connectivity index (χ0n) is 14.7. The standard InChI is InChI=1S/C20H26N2O2S/c1-16-7-9-17(10-8-16)24-15-20(23)21-14-18(19-6-5-13-25-19)22-11-3-2-4-12-22/h5-10,13,18H,2-4,11-12,14-15H2,1H3,(H,21,23). The van der Waals surface area contributed by atoms with E-state index in [1.807, 2.05) is 31.2 Å². The normalized spacial score (nSPS) is 16.4. The number of carbonyl (C=O) groups excluding carboxylic acids is 1. The number of carbonyl (C=O) groups is 1. The maximum atomic E-state index is 12.2. The van der Waals surface area contributed by atoms with E-state index in [-0.39, 0.29) is 18.6 Å². The lowest BCUT2D eigenvalue weighted by Crippen LogP contribution is -2.41. The van der Waals surface area contributed by atoms with E-state index in [0.29, 0.717) is 6.54 Å². The molecule has 1 aliphatic rings. The summed E-state index contributed by atoms with van der Waals surface area (Å²) in [7, 11) is 0. The van der Waals surface area contributed by atoms with E-state index in [4.69, 9.17) is 4.74 Å². The molecule has 1 atom stereocenters. The van der Waals surface area contributed by atoms with E-state index in [1.54, 1.807) is 11.3 Å². The zero-order chi connectivity index (χ0) is 17.5. The number of ether oxygens (including phenoxy) is 1. The molecule has 3 rings (SSSR count). The number of benzene rings is 1. The Hall–Kier alpha value is -1.85. The van der Waals surface area contributed by atoms with Gasteiger partial charge < -0.3 is 10.1 Å². The van der Waals surface area contributed by atoms with Gasteiger partial charge >= 0.3 is 0 Å². The number of nitrogens with one attached hydrogen (secondary N) is 1. The van der Waals surface area contributed by atoms with Crippen LogP contribution < -0.4 is 10.1 Å². The molecule has 5 heteroatoms. The minimum absolute atomic E-state index is 0.0558. The van der Waals surface area contributed by atoms with Crippen molar-refractivity contribution >= 4 is 17.2 Å². The van der Waals surface area contributed by atoms with Gasteiger partial charge in [0.25, 0.3) is 5.91 Å². The van der Waals surface area contributed by atoms with Crippen molar-refractivity contribution in [2.75, 3.05) is 26.2 Å². The number of aryl methyl sites for hydroxylation is 1. The third-order valence-corrected chi connectivity index (χ3v) is 5.56. The zero-order valence-corrected chi connectivity index (χ0v) is 15.6. The van der Waals surface area contributed by atoms with Crippen LogP contribution >= 0.6 is 11.3 Å². The molecule has 1 aromatic heterocycles. The molecule has 1 aromatic carbocycles. The number of amides is 1. The third-order valence-electron chi connectivity index (χ3n) is 4.59. The van der Waals surface area contributed by atoms with E-state index in [0.717, 1.165) is 18.8 Å². The minimum atomic E-state index is -0.0702. The lowest BCUT2D eigenvalue weighted by atomic mass is 10.1. The van der Waals surface area contributed by atoms with Crippen LogP contribution in [-0.2, 0) is 4.79 Å². The summed E-state index contributed by atoms with van der Waals surface area (Å²) in [4.78, 5) is 16.0. The second-order valence-corrected chi connectivity index (χ2v) is 7.51. The lowest BCUT2D eigenvalue weighted by molar-refractivity contribution is -0.123. The highest BCUT2D eigenvalue weighted by Gasteiger charge is 2.23. The predicted molar refractivity (Wildman–Crippen MR) is 102 cm³/mol. The highest BCUT2D eigenvalue weighted by atomic mass is 32.1. The van der Waals surface area contributed by atoms with Crippen molar-refractivity contribution in [1.29, 1.82) is 0 Å². The van der Waals surface area contributed by atoms with Crippen LogP contribution in [0.3, 0.4) is 0 Å². The molecule has 1 saturated heterocycles. The third kappa shape index (κ3) is 5.31. The predicted octanol–water partition coefficient (Wildman–Crippen LogP) is 3.78. The molecule has 1 amide bonds. The molecule has 0 spiro atoms. The summed E-state index contributed by atoms with van der Waals surface area (Å²) in [6, 6.07) is 12.3. The van der Waals surface area contributed by atoms with Crippen LogP contribution in [0.1, 0.15) is 35.7 Å². The number of hydrogen-bond acceptors (Lipinski definition) is 4. The Morgan fingerprint density at radius 1 is 1.20 bits per heavy atom. The molecule has 1 fully saturated rings. The average molecular weight is 359 g/mol. The molecule has 2 aromatic rings. The van der Waals surface area contributed by atoms with E-state index in [2.05, 4.69) is 27.7 Å². The Labute approximate surface area is 153 Å². The molecule has 1 N–H and O–H groups in total. The molecule has 1 unspecified atom stereocenters. The van der Waals surface area contributed by atoms with Gasteiger partial charge in [0, 0.05) is 11.4 Å². The smallest absolute Gasteiger partial charge is 0.258 e. The second kappa shape index (κ2) is 9.02. The summed E-state index contributed by atoms with van der Waals surface area (Å²) in [5.41, 5.74) is 1.18. The molecule has 4 nitrogen and oxygen atoms in total. The summed E-state index contributed by atoms with van der Waals surface area (Å²) in [6.07, 6.45) is 3.79. The fraction of sp³-hybridized carbons (Fsp3) is 0.450. The summed E-state index contributed by atoms with van der Waals surface area (Å²) in [5, 5.41) is 5.16. The highest BCUT2D eigenvalue weighted by Crippen LogP contribution is 2.27. The monoisotopic (exact) mass is 358 g/mol. The molecule has 2 heterocycles. The Morgan fingerprint density at radius 3 is 2.64 bits per heavy atom. The maximum absolute atomic E-state index is 12.2. The first kappa shape index (κ1) is 18.0. The van der Waals surface area contributed by atoms with Gasteiger partial charge in [-0.2, -0.15) is 0 Å². The molecule has 0 aliphatic carbocycles. The topological polar surface area (TPSA) is 41.6 Å². The van der Waals surface area contributed by atoms with E-state index >= 15 is 0 Å². The number of thiophene rings is 1. The number of likely N-dealkylation sites (tertiary alicyclic amines) is 1. The highest BCUT2D eigenvalue weighted by molar-refractivity contribution is 7.10. The fourth-order valence-corrected chi connectivity index (χ4v) is 4.03. The molecule has 0 bridgehead atoms. The van der Waals surface area contributed by atoms with Crippen LogP contribution in [0.2, 0.25) is 0 Å². The van der Waals surface area contributed by atoms with Crippen LogP contribution in [-0.4, -0.2) is 37.0 Å². The van der Waals surface area contributed by atoms with Gasteiger partial charge in [-0.25, -0.2) is 0 Å². The van der Waals surface area contributed by atoms with Gasteiger partial charge in [0.1, 0.15) is 5.75 Å². The quantitative estimate of drug-likeness (QED) is 0.819. The Bertz CT molecular complexity index is 649. The fourth-order valence-electron chi connectivity index (χ4n) is 3.17. The van der Waals surface area contributed by atoms with Gasteiger partial charge in [-0.3, -0.25) is 9.69 Å². The Morgan fingerprint density at radius 2 is 1.96 bits per heavy atom. The van der Waals surface area contributed by atoms with Gasteiger partial charge in [0.2, 0.25) is 0 Å². The number of hydrogen-bond donors (Lipinski definition) is 1. The van der Waals surface area contributed by atoms with Crippen LogP contribution in [0, 0.1) is 6.92 Å². The first-order valence-corrected chi connectivity index (χ1v) is 9.84. The molecule has 134 valence electrons. The van der Waals surface area contributed by atoms with Gasteiger partial charge in [0.15, 0.2) is 6.61 Å². The molecular formula is C20H26N2O2S. The van der Waals surface area contributed by atoms with E-state index in [9.17, 15) is 4.79 Å². The summed E-state index contributed by atoms with van der Waals surface area (Å²) >= 11 is 1.76. The first-order chi connectivity index (χ1) is 12.2. The molecule has 0 saturated carbocycles. The van der Waals surface area contributed by atoms with Gasteiger partial charge in [0.05, 0.1) is 6.04 Å². The van der Waals surface area contributed by atoms with E-state index in [1.165, 1.54) is 29.7 Å². The number of rotatable bonds is 7. The van der Waals surface area contributed by atoms with Crippen molar-refractivity contribution in [3.05, 3.63) is 52.2 Å². The molecule has 25 heavy (non-hydrogen) atoms. The molecular weight excluding hydrogens is 332 g/mol. The van der Waals surface area contributed by atoms with Crippen molar-refractivity contribution in [3.63, 3.8) is 0 Å². The summed E-state index contributed by atoms with van der Waals surface area (Å²) < 4.78 is 5.57. The second-order valence-electron chi connectivity index (χ2n) is 6.53. The van der Waals surface area contributed by atoms with Crippen molar-refractivity contribution in [2.24, 2.45) is 0 Å². The Kier molecular flexibility index (Phi) is 6.48. The summed E-state index contributed by atoms with van der Waals surface area (Å²) in [5.74, 6) is 0.658. The van der Waals surface area contributed by atoms with Crippen LogP contribution in [0.5, 0.6) is 5.75 Å². The van der Waals surface area contributed by atoms with Crippen LogP contribution in [0.25, 0.3) is 0 Å². The Balaban J connectivity index is 1.51. The van der Waals surface area contributed by atoms with E-state index < -0.39 is 0 Å². The molecule has 0 radical (unpaired) electrons. The minimum Gasteiger partial charge on any atom is -0.484 e. The average Bonchev–Trinajstić information content (AvgIpc) is 3.17. The van der Waals surface area contributed by atoms with Crippen molar-refractivity contribution < 1.29 is 9.53 Å². The van der Waals surface area contributed by atoms with Crippen molar-refractivity contribution in [1.82, 2.24) is 10.2 Å². The number of piperidine rings is 1. The first-order valence-electron chi connectivity index (χ1n) is 8.96. The van der Waals surface area contributed by atoms with Crippen LogP contribution in [0.15, 0.2) is 41.8 Å².